The van der Waals surface area contributed by atoms with Crippen molar-refractivity contribution in [3.8, 4) is 0 Å². The first-order chi connectivity index (χ1) is 7.71. The Balaban J connectivity index is 2.12. The number of aromatic nitrogens is 2. The average molecular weight is 216 g/mol. The lowest BCUT2D eigenvalue weighted by Crippen LogP contribution is -2.13. The van der Waals surface area contributed by atoms with Gasteiger partial charge in [-0.3, -0.25) is 9.89 Å². The van der Waals surface area contributed by atoms with Crippen molar-refractivity contribution in [1.82, 2.24) is 10.2 Å². The third kappa shape index (κ3) is 1.30. The molecule has 0 unspecified atom stereocenters. The van der Waals surface area contributed by atoms with Crippen molar-refractivity contribution >= 4 is 16.9 Å². The minimum atomic E-state index is -0.728. The molecule has 4 heteroatoms. The number of hydrogen-bond acceptors (Lipinski definition) is 2. The molecule has 0 atom stereocenters. The number of H-pyrrole nitrogens is 1. The van der Waals surface area contributed by atoms with Crippen LogP contribution in [0.4, 0.5) is 0 Å². The normalized spacial score (nSPS) is 17.5. The van der Waals surface area contributed by atoms with E-state index in [1.54, 1.807) is 6.20 Å². The minimum Gasteiger partial charge on any atom is -0.481 e. The topological polar surface area (TPSA) is 66.0 Å². The van der Waals surface area contributed by atoms with Crippen molar-refractivity contribution in [2.45, 2.75) is 24.7 Å². The molecule has 2 aromatic rings. The van der Waals surface area contributed by atoms with E-state index in [9.17, 15) is 4.79 Å². The molecule has 0 bridgehead atoms. The van der Waals surface area contributed by atoms with Gasteiger partial charge in [0, 0.05) is 10.8 Å². The van der Waals surface area contributed by atoms with Crippen LogP contribution in [0.25, 0.3) is 10.9 Å². The van der Waals surface area contributed by atoms with E-state index >= 15 is 0 Å². The highest BCUT2D eigenvalue weighted by Crippen LogP contribution is 2.52. The molecule has 82 valence electrons. The predicted molar refractivity (Wildman–Crippen MR) is 59.3 cm³/mol. The Morgan fingerprint density at radius 3 is 3.00 bits per heavy atom. The van der Waals surface area contributed by atoms with Crippen LogP contribution in [0.2, 0.25) is 0 Å². The van der Waals surface area contributed by atoms with Gasteiger partial charge in [0.15, 0.2) is 0 Å². The first-order valence-corrected chi connectivity index (χ1v) is 5.36. The van der Waals surface area contributed by atoms with Gasteiger partial charge in [-0.25, -0.2) is 0 Å². The molecular weight excluding hydrogens is 204 g/mol. The van der Waals surface area contributed by atoms with E-state index in [1.165, 1.54) is 0 Å². The molecule has 1 fully saturated rings. The van der Waals surface area contributed by atoms with Crippen LogP contribution in [0.1, 0.15) is 24.8 Å². The Bertz CT molecular complexity index is 555. The summed E-state index contributed by atoms with van der Waals surface area (Å²) in [7, 11) is 0. The Morgan fingerprint density at radius 2 is 2.31 bits per heavy atom. The lowest BCUT2D eigenvalue weighted by molar-refractivity contribution is -0.137. The monoisotopic (exact) mass is 216 g/mol. The number of aromatic amines is 1. The summed E-state index contributed by atoms with van der Waals surface area (Å²) in [5.74, 6) is -0.728. The molecule has 16 heavy (non-hydrogen) atoms. The second-order valence-electron chi connectivity index (χ2n) is 4.49. The van der Waals surface area contributed by atoms with E-state index < -0.39 is 5.97 Å². The number of nitrogens with zero attached hydrogens (tertiary/aromatic N) is 1. The molecule has 1 saturated carbocycles. The van der Waals surface area contributed by atoms with E-state index in [2.05, 4.69) is 10.2 Å². The van der Waals surface area contributed by atoms with Crippen LogP contribution in [0.5, 0.6) is 0 Å². The van der Waals surface area contributed by atoms with E-state index in [0.717, 1.165) is 29.3 Å². The highest BCUT2D eigenvalue weighted by atomic mass is 16.4. The Morgan fingerprint density at radius 1 is 1.50 bits per heavy atom. The van der Waals surface area contributed by atoms with Crippen LogP contribution in [0, 0.1) is 0 Å². The maximum Gasteiger partial charge on any atom is 0.304 e. The van der Waals surface area contributed by atoms with E-state index in [-0.39, 0.29) is 11.8 Å². The molecule has 1 heterocycles. The summed E-state index contributed by atoms with van der Waals surface area (Å²) in [6.45, 7) is 0. The lowest BCUT2D eigenvalue weighted by Gasteiger charge is -2.13. The molecule has 0 amide bonds. The van der Waals surface area contributed by atoms with Crippen molar-refractivity contribution in [3.63, 3.8) is 0 Å². The van der Waals surface area contributed by atoms with E-state index in [0.29, 0.717) is 0 Å². The van der Waals surface area contributed by atoms with Gasteiger partial charge in [-0.05, 0) is 18.4 Å². The summed E-state index contributed by atoms with van der Waals surface area (Å²) in [6.07, 6.45) is 3.90. The molecule has 0 saturated heterocycles. The third-order valence-corrected chi connectivity index (χ3v) is 3.39. The zero-order chi connectivity index (χ0) is 11.2. The highest BCUT2D eigenvalue weighted by Gasteiger charge is 2.47. The Hall–Kier alpha value is -1.84. The van der Waals surface area contributed by atoms with E-state index in [4.69, 9.17) is 5.11 Å². The first-order valence-electron chi connectivity index (χ1n) is 5.36. The quantitative estimate of drug-likeness (QED) is 0.825. The molecule has 1 aromatic heterocycles. The molecule has 1 aliphatic carbocycles. The second-order valence-corrected chi connectivity index (χ2v) is 4.49. The standard InChI is InChI=1S/C12H12N2O2/c15-10(16)6-12(4-5-12)9-3-1-2-8-7-13-14-11(8)9/h1-3,7H,4-6H2,(H,13,14)(H,15,16). The van der Waals surface area contributed by atoms with Gasteiger partial charge in [-0.1, -0.05) is 18.2 Å². The molecule has 0 aliphatic heterocycles. The number of rotatable bonds is 3. The first kappa shape index (κ1) is 9.39. The number of para-hydroxylation sites is 1. The van der Waals surface area contributed by atoms with Gasteiger partial charge < -0.3 is 5.11 Å². The molecule has 0 spiro atoms. The van der Waals surface area contributed by atoms with Gasteiger partial charge in [0.1, 0.15) is 0 Å². The summed E-state index contributed by atoms with van der Waals surface area (Å²) in [6, 6.07) is 5.96. The minimum absolute atomic E-state index is 0.155. The summed E-state index contributed by atoms with van der Waals surface area (Å²) < 4.78 is 0. The number of carbonyl (C=O) groups is 1. The molecular formula is C12H12N2O2. The fourth-order valence-electron chi connectivity index (χ4n) is 2.39. The summed E-state index contributed by atoms with van der Waals surface area (Å²) in [5.41, 5.74) is 1.93. The smallest absolute Gasteiger partial charge is 0.304 e. The van der Waals surface area contributed by atoms with Crippen molar-refractivity contribution in [1.29, 1.82) is 0 Å². The number of aliphatic carboxylic acids is 1. The fraction of sp³-hybridized carbons (Fsp3) is 0.333. The third-order valence-electron chi connectivity index (χ3n) is 3.39. The average Bonchev–Trinajstić information content (AvgIpc) is 2.85. The van der Waals surface area contributed by atoms with Crippen molar-refractivity contribution < 1.29 is 9.90 Å². The van der Waals surface area contributed by atoms with Gasteiger partial charge in [-0.2, -0.15) is 5.10 Å². The predicted octanol–water partition coefficient (Wildman–Crippen LogP) is 2.07. The largest absolute Gasteiger partial charge is 0.481 e. The number of nitrogens with one attached hydrogen (secondary N) is 1. The van der Waals surface area contributed by atoms with Gasteiger partial charge >= 0.3 is 5.97 Å². The second kappa shape index (κ2) is 3.07. The molecule has 1 aromatic carbocycles. The zero-order valence-corrected chi connectivity index (χ0v) is 8.73. The molecule has 1 aliphatic rings. The number of carboxylic acids is 1. The van der Waals surface area contributed by atoms with Crippen molar-refractivity contribution in [3.05, 3.63) is 30.0 Å². The van der Waals surface area contributed by atoms with Crippen LogP contribution >= 0.6 is 0 Å². The van der Waals surface area contributed by atoms with E-state index in [1.807, 2.05) is 18.2 Å². The zero-order valence-electron chi connectivity index (χ0n) is 8.73. The van der Waals surface area contributed by atoms with Gasteiger partial charge in [0.2, 0.25) is 0 Å². The molecule has 3 rings (SSSR count). The maximum absolute atomic E-state index is 10.9. The number of carboxylic acid groups (broad SMARTS) is 1. The Labute approximate surface area is 92.3 Å². The number of hydrogen-bond donors (Lipinski definition) is 2. The van der Waals surface area contributed by atoms with Gasteiger partial charge in [0.05, 0.1) is 18.1 Å². The van der Waals surface area contributed by atoms with Crippen LogP contribution < -0.4 is 0 Å². The number of benzene rings is 1. The fourth-order valence-corrected chi connectivity index (χ4v) is 2.39. The molecule has 0 radical (unpaired) electrons. The SMILES string of the molecule is O=C(O)CC1(c2cccc3cn[nH]c23)CC1. The van der Waals surface area contributed by atoms with Crippen LogP contribution in [-0.2, 0) is 10.2 Å². The summed E-state index contributed by atoms with van der Waals surface area (Å²) >= 11 is 0. The van der Waals surface area contributed by atoms with Crippen molar-refractivity contribution in [2.24, 2.45) is 0 Å². The Kier molecular flexibility index (Phi) is 1.80. The van der Waals surface area contributed by atoms with Crippen LogP contribution in [0.15, 0.2) is 24.4 Å². The summed E-state index contributed by atoms with van der Waals surface area (Å²) in [4.78, 5) is 10.9. The molecule has 4 nitrogen and oxygen atoms in total. The summed E-state index contributed by atoms with van der Waals surface area (Å²) in [5, 5.41) is 17.0. The lowest BCUT2D eigenvalue weighted by atomic mass is 9.91. The maximum atomic E-state index is 10.9. The van der Waals surface area contributed by atoms with Crippen molar-refractivity contribution in [2.75, 3.05) is 0 Å². The molecule has 2 N–H and O–H groups in total. The van der Waals surface area contributed by atoms with Gasteiger partial charge in [0.25, 0.3) is 0 Å². The van der Waals surface area contributed by atoms with Gasteiger partial charge in [-0.15, -0.1) is 0 Å². The van der Waals surface area contributed by atoms with Crippen LogP contribution in [0.3, 0.4) is 0 Å². The van der Waals surface area contributed by atoms with Crippen LogP contribution in [-0.4, -0.2) is 21.3 Å². The highest BCUT2D eigenvalue weighted by molar-refractivity contribution is 5.84. The number of fused-ring (bicyclic) bond motifs is 1.